The van der Waals surface area contributed by atoms with Gasteiger partial charge >= 0.3 is 6.09 Å². The van der Waals surface area contributed by atoms with Crippen molar-refractivity contribution in [3.63, 3.8) is 0 Å². The highest BCUT2D eigenvalue weighted by Crippen LogP contribution is 2.56. The third kappa shape index (κ3) is 4.56. The summed E-state index contributed by atoms with van der Waals surface area (Å²) >= 11 is 2.34. The monoisotopic (exact) mass is 844 g/mol. The zero-order valence-corrected chi connectivity index (χ0v) is 31.5. The van der Waals surface area contributed by atoms with Gasteiger partial charge in [0.05, 0.1) is 56.9 Å². The minimum Gasteiger partial charge on any atom is -0.439 e. The number of carbonyl (C=O) groups excluding carboxylic acids is 3. The number of carbonyl (C=O) groups is 3. The van der Waals surface area contributed by atoms with E-state index in [2.05, 4.69) is 31.7 Å². The molecule has 7 aromatic rings. The summed E-state index contributed by atoms with van der Waals surface area (Å²) in [6, 6.07) is 35.0. The number of imide groups is 1. The van der Waals surface area contributed by atoms with E-state index in [-0.39, 0.29) is 26.0 Å². The molecule has 0 unspecified atom stereocenters. The molecule has 55 heavy (non-hydrogen) atoms. The Labute approximate surface area is 328 Å². The number of para-hydroxylation sites is 2. The van der Waals surface area contributed by atoms with Gasteiger partial charge in [-0.15, -0.1) is 0 Å². The summed E-state index contributed by atoms with van der Waals surface area (Å²) in [6.45, 7) is 0.463. The fourth-order valence-electron chi connectivity index (χ4n) is 9.39. The lowest BCUT2D eigenvalue weighted by Gasteiger charge is -2.47. The van der Waals surface area contributed by atoms with E-state index in [0.717, 1.165) is 44.0 Å². The Morgan fingerprint density at radius 3 is 1.91 bits per heavy atom. The zero-order valence-electron chi connectivity index (χ0n) is 29.4. The number of fused-ring (bicyclic) bond motifs is 15. The molecule has 2 fully saturated rings. The number of nitrogens with zero attached hydrogens (tertiary/aromatic N) is 4. The molecule has 274 valence electrons. The fraction of sp³-hybridized carbons (Fsp3) is 0.233. The van der Waals surface area contributed by atoms with Crippen LogP contribution in [-0.2, 0) is 37.9 Å². The number of alkyl halides is 1. The van der Waals surface area contributed by atoms with Gasteiger partial charge in [0.15, 0.2) is 11.8 Å². The Bertz CT molecular complexity index is 2750. The van der Waals surface area contributed by atoms with E-state index in [0.29, 0.717) is 39.4 Å². The van der Waals surface area contributed by atoms with Crippen LogP contribution in [-0.4, -0.2) is 66.9 Å². The van der Waals surface area contributed by atoms with Crippen molar-refractivity contribution in [3.05, 3.63) is 131 Å². The maximum atomic E-state index is 14.7. The molecule has 4 atom stereocenters. The van der Waals surface area contributed by atoms with Gasteiger partial charge in [0, 0.05) is 28.0 Å². The Hall–Kier alpha value is -5.28. The van der Waals surface area contributed by atoms with Crippen LogP contribution in [0.3, 0.4) is 0 Å². The van der Waals surface area contributed by atoms with Crippen LogP contribution in [0.5, 0.6) is 0 Å². The third-order valence-corrected chi connectivity index (χ3v) is 12.7. The Morgan fingerprint density at radius 1 is 0.691 bits per heavy atom. The van der Waals surface area contributed by atoms with E-state index >= 15 is 0 Å². The molecule has 12 heteroatoms. The topological polar surface area (TPSA) is 104 Å². The summed E-state index contributed by atoms with van der Waals surface area (Å²) in [5.74, 6) is -0.794. The lowest BCUT2D eigenvalue weighted by Crippen LogP contribution is -2.59. The fourth-order valence-corrected chi connectivity index (χ4v) is 10.3. The van der Waals surface area contributed by atoms with E-state index < -0.39 is 36.1 Å². The number of rotatable bonds is 9. The number of aromatic nitrogens is 2. The van der Waals surface area contributed by atoms with Gasteiger partial charge in [0.1, 0.15) is 19.7 Å². The predicted molar refractivity (Wildman–Crippen MR) is 213 cm³/mol. The molecular weight excluding hydrogens is 811 g/mol. The molecule has 2 bridgehead atoms. The predicted octanol–water partition coefficient (Wildman–Crippen LogP) is 8.06. The van der Waals surface area contributed by atoms with Crippen molar-refractivity contribution in [1.29, 1.82) is 0 Å². The van der Waals surface area contributed by atoms with Gasteiger partial charge in [-0.1, -0.05) is 120 Å². The van der Waals surface area contributed by atoms with E-state index in [1.165, 1.54) is 4.90 Å². The van der Waals surface area contributed by atoms with Crippen LogP contribution in [0.25, 0.3) is 43.6 Å². The van der Waals surface area contributed by atoms with Crippen LogP contribution in [0, 0.1) is 0 Å². The van der Waals surface area contributed by atoms with Crippen LogP contribution in [0.1, 0.15) is 44.5 Å². The summed E-state index contributed by atoms with van der Waals surface area (Å²) in [5, 5.41) is 3.03. The molecule has 11 rings (SSSR count). The van der Waals surface area contributed by atoms with Gasteiger partial charge in [-0.3, -0.25) is 14.5 Å². The Kier molecular flexibility index (Phi) is 7.44. The van der Waals surface area contributed by atoms with Crippen LogP contribution in [0.15, 0.2) is 109 Å². The van der Waals surface area contributed by atoms with Crippen LogP contribution in [0.4, 0.5) is 4.79 Å². The number of amides is 3. The third-order valence-electron chi connectivity index (χ3n) is 11.6. The van der Waals surface area contributed by atoms with Gasteiger partial charge in [0.25, 0.3) is 11.8 Å². The summed E-state index contributed by atoms with van der Waals surface area (Å²) in [5.41, 5.74) is 4.77. The molecule has 0 saturated carbocycles. The van der Waals surface area contributed by atoms with Crippen molar-refractivity contribution in [2.75, 3.05) is 17.9 Å². The lowest BCUT2D eigenvalue weighted by atomic mass is 9.93. The average Bonchev–Trinajstić information content (AvgIpc) is 3.90. The first kappa shape index (κ1) is 33.1. The van der Waals surface area contributed by atoms with Crippen molar-refractivity contribution in [2.24, 2.45) is 0 Å². The van der Waals surface area contributed by atoms with Gasteiger partial charge < -0.3 is 28.1 Å². The van der Waals surface area contributed by atoms with Gasteiger partial charge in [-0.2, -0.15) is 0 Å². The Balaban J connectivity index is 1.12. The second kappa shape index (κ2) is 12.4. The smallest absolute Gasteiger partial charge is 0.412 e. The van der Waals surface area contributed by atoms with Crippen molar-refractivity contribution in [2.45, 2.75) is 43.7 Å². The molecule has 4 aliphatic rings. The van der Waals surface area contributed by atoms with Crippen LogP contribution in [0.2, 0.25) is 0 Å². The number of hydrogen-bond donors (Lipinski definition) is 0. The largest absolute Gasteiger partial charge is 0.439 e. The van der Waals surface area contributed by atoms with Gasteiger partial charge in [0.2, 0.25) is 0 Å². The number of benzene rings is 5. The molecule has 2 saturated heterocycles. The molecule has 3 amide bonds. The summed E-state index contributed by atoms with van der Waals surface area (Å²) in [6.07, 6.45) is -1.29. The summed E-state index contributed by atoms with van der Waals surface area (Å²) in [7, 11) is 0. The van der Waals surface area contributed by atoms with E-state index in [4.69, 9.17) is 18.9 Å². The van der Waals surface area contributed by atoms with E-state index in [1.807, 2.05) is 109 Å². The first-order chi connectivity index (χ1) is 27.0. The van der Waals surface area contributed by atoms with Crippen molar-refractivity contribution in [1.82, 2.24) is 18.9 Å². The molecule has 5 aromatic carbocycles. The highest BCUT2D eigenvalue weighted by Gasteiger charge is 2.62. The maximum Gasteiger partial charge on any atom is 0.412 e. The molecule has 0 N–H and O–H groups in total. The molecule has 2 aromatic heterocycles. The standard InChI is InChI=1S/C43H33IN4O7/c44-22-43-39-31(45(42(51)54-39)23-52-20-25-11-3-1-4-12-25)19-32(55-43)47-29-17-9-7-15-27(29)33-35-36(34-28-16-8-10-18-30(28)48(43)38(34)37(33)47)41(50)46(40(35)49)24-53-21-26-13-5-2-6-14-26/h1-18,31-32,39H,19-24H2/t31-,32-,39-,43+/m1/s1. The second-order valence-electron chi connectivity index (χ2n) is 14.5. The normalized spacial score (nSPS) is 22.7. The zero-order chi connectivity index (χ0) is 37.0. The summed E-state index contributed by atoms with van der Waals surface area (Å²) < 4.78 is 30.6. The quantitative estimate of drug-likeness (QED) is 0.0823. The molecule has 6 heterocycles. The maximum absolute atomic E-state index is 14.7. The van der Waals surface area contributed by atoms with Crippen LogP contribution >= 0.6 is 22.6 Å². The summed E-state index contributed by atoms with van der Waals surface area (Å²) in [4.78, 5) is 46.2. The van der Waals surface area contributed by atoms with E-state index in [1.54, 1.807) is 4.90 Å². The van der Waals surface area contributed by atoms with E-state index in [9.17, 15) is 14.4 Å². The molecule has 0 radical (unpaired) electrons. The van der Waals surface area contributed by atoms with Gasteiger partial charge in [-0.25, -0.2) is 9.69 Å². The SMILES string of the molecule is O=C1c2c(c3c4ccccc4n4c3c3c2c2ccccc2n3[C@H]2C[C@@H]3[C@@H](OC(=O)N3COCc3ccccc3)[C@]4(CI)O2)C(=O)N1COCc1ccccc1. The molecule has 4 aliphatic heterocycles. The second-order valence-corrected chi connectivity index (χ2v) is 15.3. The highest BCUT2D eigenvalue weighted by molar-refractivity contribution is 14.1. The first-order valence-corrected chi connectivity index (χ1v) is 19.9. The van der Waals surface area contributed by atoms with Crippen molar-refractivity contribution < 1.29 is 33.3 Å². The number of ether oxygens (including phenoxy) is 4. The lowest BCUT2D eigenvalue weighted by molar-refractivity contribution is -0.237. The minimum absolute atomic E-state index is 0.0506. The molecule has 0 aliphatic carbocycles. The average molecular weight is 845 g/mol. The van der Waals surface area contributed by atoms with Crippen LogP contribution < -0.4 is 0 Å². The van der Waals surface area contributed by atoms with Crippen molar-refractivity contribution >= 4 is 84.1 Å². The molecule has 11 nitrogen and oxygen atoms in total. The Morgan fingerprint density at radius 2 is 1.25 bits per heavy atom. The number of hydrogen-bond acceptors (Lipinski definition) is 7. The van der Waals surface area contributed by atoms with Crippen molar-refractivity contribution in [3.8, 4) is 0 Å². The molecular formula is C43H33IN4O7. The number of halogens is 1. The first-order valence-electron chi connectivity index (χ1n) is 18.3. The molecule has 0 spiro atoms. The van der Waals surface area contributed by atoms with Gasteiger partial charge in [-0.05, 0) is 23.3 Å². The minimum atomic E-state index is -1.18. The highest BCUT2D eigenvalue weighted by atomic mass is 127.